The lowest BCUT2D eigenvalue weighted by molar-refractivity contribution is -0.149. The number of carbonyl (C=O) groups is 2. The van der Waals surface area contributed by atoms with Crippen LogP contribution in [0, 0.1) is 5.92 Å². The van der Waals surface area contributed by atoms with Crippen LogP contribution < -0.4 is 0 Å². The number of amides is 1. The molecule has 0 saturated carbocycles. The van der Waals surface area contributed by atoms with Crippen LogP contribution in [0.15, 0.2) is 0 Å². The molecule has 0 spiro atoms. The van der Waals surface area contributed by atoms with Crippen LogP contribution >= 0.6 is 0 Å². The molecule has 0 radical (unpaired) electrons. The SMILES string of the molecule is CCOC(=O)C1C(C)CCN1C(=O)OC(C)(C)C. The maximum absolute atomic E-state index is 12.0. The molecule has 1 aliphatic rings. The van der Waals surface area contributed by atoms with E-state index in [4.69, 9.17) is 9.47 Å². The maximum Gasteiger partial charge on any atom is 0.411 e. The zero-order valence-electron chi connectivity index (χ0n) is 11.9. The van der Waals surface area contributed by atoms with Crippen LogP contribution in [0.25, 0.3) is 0 Å². The molecule has 5 heteroatoms. The lowest BCUT2D eigenvalue weighted by Gasteiger charge is -2.28. The normalized spacial score (nSPS) is 23.9. The van der Waals surface area contributed by atoms with Crippen molar-refractivity contribution in [3.05, 3.63) is 0 Å². The topological polar surface area (TPSA) is 55.8 Å². The molecule has 2 unspecified atom stereocenters. The fourth-order valence-electron chi connectivity index (χ4n) is 2.06. The van der Waals surface area contributed by atoms with Gasteiger partial charge >= 0.3 is 12.1 Å². The molecule has 1 amide bonds. The number of ether oxygens (including phenoxy) is 2. The number of hydrogen-bond acceptors (Lipinski definition) is 4. The molecule has 2 atom stereocenters. The first-order valence-electron chi connectivity index (χ1n) is 6.42. The third-order valence-corrected chi connectivity index (χ3v) is 2.86. The van der Waals surface area contributed by atoms with Crippen molar-refractivity contribution in [2.75, 3.05) is 13.2 Å². The van der Waals surface area contributed by atoms with Gasteiger partial charge in [-0.3, -0.25) is 4.90 Å². The summed E-state index contributed by atoms with van der Waals surface area (Å²) in [7, 11) is 0. The van der Waals surface area contributed by atoms with E-state index < -0.39 is 17.7 Å². The average molecular weight is 257 g/mol. The summed E-state index contributed by atoms with van der Waals surface area (Å²) in [6, 6.07) is -0.514. The quantitative estimate of drug-likeness (QED) is 0.712. The summed E-state index contributed by atoms with van der Waals surface area (Å²) >= 11 is 0. The highest BCUT2D eigenvalue weighted by Gasteiger charge is 2.42. The van der Waals surface area contributed by atoms with Gasteiger partial charge in [-0.2, -0.15) is 0 Å². The minimum Gasteiger partial charge on any atom is -0.464 e. The van der Waals surface area contributed by atoms with Crippen LogP contribution in [0.3, 0.4) is 0 Å². The van der Waals surface area contributed by atoms with Crippen LogP contribution in [0.5, 0.6) is 0 Å². The zero-order valence-corrected chi connectivity index (χ0v) is 11.9. The van der Waals surface area contributed by atoms with Gasteiger partial charge in [-0.25, -0.2) is 9.59 Å². The average Bonchev–Trinajstić information content (AvgIpc) is 2.58. The summed E-state index contributed by atoms with van der Waals surface area (Å²) in [4.78, 5) is 25.4. The molecule has 1 aliphatic heterocycles. The standard InChI is InChI=1S/C13H23NO4/c1-6-17-11(15)10-9(2)7-8-14(10)12(16)18-13(3,4)5/h9-10H,6-8H2,1-5H3. The molecule has 1 fully saturated rings. The minimum atomic E-state index is -0.553. The monoisotopic (exact) mass is 257 g/mol. The van der Waals surface area contributed by atoms with E-state index in [1.54, 1.807) is 6.92 Å². The minimum absolute atomic E-state index is 0.108. The molecule has 0 aliphatic carbocycles. The fraction of sp³-hybridized carbons (Fsp3) is 0.846. The molecule has 0 aromatic carbocycles. The van der Waals surface area contributed by atoms with Crippen molar-refractivity contribution in [3.8, 4) is 0 Å². The second-order valence-electron chi connectivity index (χ2n) is 5.64. The van der Waals surface area contributed by atoms with Gasteiger partial charge in [-0.1, -0.05) is 6.92 Å². The van der Waals surface area contributed by atoms with E-state index in [0.717, 1.165) is 6.42 Å². The molecular weight excluding hydrogens is 234 g/mol. The van der Waals surface area contributed by atoms with E-state index in [-0.39, 0.29) is 11.9 Å². The van der Waals surface area contributed by atoms with Crippen LogP contribution in [-0.4, -0.2) is 41.8 Å². The molecular formula is C13H23NO4. The number of esters is 1. The lowest BCUT2D eigenvalue weighted by atomic mass is 10.0. The molecule has 0 bridgehead atoms. The van der Waals surface area contributed by atoms with Crippen molar-refractivity contribution in [1.29, 1.82) is 0 Å². The first kappa shape index (κ1) is 14.8. The summed E-state index contributed by atoms with van der Waals surface area (Å²) in [6.07, 6.45) is 0.354. The first-order valence-corrected chi connectivity index (χ1v) is 6.42. The Kier molecular flexibility index (Phi) is 4.59. The van der Waals surface area contributed by atoms with Gasteiger partial charge in [0, 0.05) is 6.54 Å². The second-order valence-corrected chi connectivity index (χ2v) is 5.64. The molecule has 1 saturated heterocycles. The van der Waals surface area contributed by atoms with E-state index in [2.05, 4.69) is 0 Å². The van der Waals surface area contributed by atoms with Crippen molar-refractivity contribution in [2.24, 2.45) is 5.92 Å². The Morgan fingerprint density at radius 2 is 1.94 bits per heavy atom. The smallest absolute Gasteiger partial charge is 0.411 e. The van der Waals surface area contributed by atoms with Gasteiger partial charge < -0.3 is 9.47 Å². The van der Waals surface area contributed by atoms with Crippen LogP contribution in [0.4, 0.5) is 4.79 Å². The first-order chi connectivity index (χ1) is 8.26. The third-order valence-electron chi connectivity index (χ3n) is 2.86. The van der Waals surface area contributed by atoms with Crippen LogP contribution in [0.1, 0.15) is 41.0 Å². The zero-order chi connectivity index (χ0) is 13.9. The Hall–Kier alpha value is -1.26. The molecule has 0 aromatic heterocycles. The summed E-state index contributed by atoms with van der Waals surface area (Å²) in [5.74, 6) is -0.232. The number of rotatable bonds is 2. The van der Waals surface area contributed by atoms with Crippen LogP contribution in [0.2, 0.25) is 0 Å². The Bertz CT molecular complexity index is 321. The highest BCUT2D eigenvalue weighted by Crippen LogP contribution is 2.26. The van der Waals surface area contributed by atoms with Crippen molar-refractivity contribution in [2.45, 2.75) is 52.7 Å². The number of carbonyl (C=O) groups excluding carboxylic acids is 2. The van der Waals surface area contributed by atoms with E-state index in [0.29, 0.717) is 13.2 Å². The third kappa shape index (κ3) is 3.62. The van der Waals surface area contributed by atoms with Crippen molar-refractivity contribution < 1.29 is 19.1 Å². The molecule has 18 heavy (non-hydrogen) atoms. The van der Waals surface area contributed by atoms with Gasteiger partial charge in [0.25, 0.3) is 0 Å². The molecule has 5 nitrogen and oxygen atoms in total. The van der Waals surface area contributed by atoms with Crippen molar-refractivity contribution >= 4 is 12.1 Å². The molecule has 0 N–H and O–H groups in total. The highest BCUT2D eigenvalue weighted by molar-refractivity contribution is 5.82. The maximum atomic E-state index is 12.0. The van der Waals surface area contributed by atoms with E-state index >= 15 is 0 Å². The number of nitrogens with zero attached hydrogens (tertiary/aromatic N) is 1. The number of hydrogen-bond donors (Lipinski definition) is 0. The summed E-state index contributed by atoms with van der Waals surface area (Å²) in [5, 5.41) is 0. The van der Waals surface area contributed by atoms with E-state index in [9.17, 15) is 9.59 Å². The number of likely N-dealkylation sites (tertiary alicyclic amines) is 1. The van der Waals surface area contributed by atoms with Crippen molar-refractivity contribution in [3.63, 3.8) is 0 Å². The molecule has 0 aromatic rings. The Labute approximate surface area is 108 Å². The van der Waals surface area contributed by atoms with Gasteiger partial charge in [-0.15, -0.1) is 0 Å². The summed E-state index contributed by atoms with van der Waals surface area (Å²) in [5.41, 5.74) is -0.553. The largest absolute Gasteiger partial charge is 0.464 e. The predicted octanol–water partition coefficient (Wildman–Crippen LogP) is 2.20. The van der Waals surface area contributed by atoms with Gasteiger partial charge in [-0.05, 0) is 40.0 Å². The second kappa shape index (κ2) is 5.59. The summed E-state index contributed by atoms with van der Waals surface area (Å²) < 4.78 is 10.3. The van der Waals surface area contributed by atoms with Gasteiger partial charge in [0.15, 0.2) is 0 Å². The van der Waals surface area contributed by atoms with Crippen molar-refractivity contribution in [1.82, 2.24) is 4.90 Å². The Morgan fingerprint density at radius 1 is 1.33 bits per heavy atom. The molecule has 104 valence electrons. The Morgan fingerprint density at radius 3 is 2.44 bits per heavy atom. The van der Waals surface area contributed by atoms with Gasteiger partial charge in [0.05, 0.1) is 6.61 Å². The molecule has 1 rings (SSSR count). The lowest BCUT2D eigenvalue weighted by Crippen LogP contribution is -2.45. The fourth-order valence-corrected chi connectivity index (χ4v) is 2.06. The highest BCUT2D eigenvalue weighted by atomic mass is 16.6. The van der Waals surface area contributed by atoms with Gasteiger partial charge in [0.1, 0.15) is 11.6 Å². The summed E-state index contributed by atoms with van der Waals surface area (Å²) in [6.45, 7) is 10.0. The van der Waals surface area contributed by atoms with Crippen LogP contribution in [-0.2, 0) is 14.3 Å². The molecule has 1 heterocycles. The Balaban J connectivity index is 2.74. The predicted molar refractivity (Wildman–Crippen MR) is 67.1 cm³/mol. The van der Waals surface area contributed by atoms with E-state index in [1.165, 1.54) is 4.90 Å². The van der Waals surface area contributed by atoms with Gasteiger partial charge in [0.2, 0.25) is 0 Å². The van der Waals surface area contributed by atoms with E-state index in [1.807, 2.05) is 27.7 Å².